The number of piperazine rings is 1. The first-order valence-corrected chi connectivity index (χ1v) is 7.80. The van der Waals surface area contributed by atoms with Gasteiger partial charge in [0, 0.05) is 39.0 Å². The van der Waals surface area contributed by atoms with Crippen molar-refractivity contribution < 1.29 is 5.11 Å². The number of benzene rings is 1. The molecule has 0 spiro atoms. The Kier molecular flexibility index (Phi) is 5.44. The van der Waals surface area contributed by atoms with Gasteiger partial charge in [-0.15, -0.1) is 0 Å². The Morgan fingerprint density at radius 3 is 2.35 bits per heavy atom. The number of nitrogens with zero attached hydrogens (tertiary/aromatic N) is 1. The van der Waals surface area contributed by atoms with E-state index in [0.717, 1.165) is 39.2 Å². The van der Waals surface area contributed by atoms with E-state index in [4.69, 9.17) is 5.11 Å². The second-order valence-corrected chi connectivity index (χ2v) is 5.98. The molecule has 1 saturated heterocycles. The fourth-order valence-corrected chi connectivity index (χ4v) is 2.96. The predicted molar refractivity (Wildman–Crippen MR) is 85.7 cm³/mol. The van der Waals surface area contributed by atoms with Crippen molar-refractivity contribution in [1.82, 2.24) is 5.32 Å². The lowest BCUT2D eigenvalue weighted by Gasteiger charge is -2.30. The first-order chi connectivity index (χ1) is 9.75. The first-order valence-electron chi connectivity index (χ1n) is 7.80. The maximum Gasteiger partial charge on any atom is 0.0370 e. The Labute approximate surface area is 123 Å². The molecule has 2 N–H and O–H groups in total. The van der Waals surface area contributed by atoms with E-state index < -0.39 is 0 Å². The standard InChI is InChI=1S/C16H24N2.CH4O/c1-12(2)15-6-5-14(11-16(15)13-3-4-13)18-9-7-17-8-10-18;1-2/h5-6,11-13,17H,3-4,7-10H2,1-2H3;2H,1H3. The summed E-state index contributed by atoms with van der Waals surface area (Å²) in [4.78, 5) is 2.52. The second kappa shape index (κ2) is 7.09. The van der Waals surface area contributed by atoms with Gasteiger partial charge in [-0.05, 0) is 47.9 Å². The Hall–Kier alpha value is -1.06. The van der Waals surface area contributed by atoms with Crippen LogP contribution in [0.3, 0.4) is 0 Å². The fraction of sp³-hybridized carbons (Fsp3) is 0.647. The summed E-state index contributed by atoms with van der Waals surface area (Å²) in [5, 5.41) is 10.4. The highest BCUT2D eigenvalue weighted by atomic mass is 16.2. The zero-order chi connectivity index (χ0) is 14.5. The van der Waals surface area contributed by atoms with E-state index in [-0.39, 0.29) is 0 Å². The van der Waals surface area contributed by atoms with Crippen LogP contribution in [-0.4, -0.2) is 38.4 Å². The minimum atomic E-state index is 0.651. The van der Waals surface area contributed by atoms with Crippen LogP contribution < -0.4 is 10.2 Å². The Balaban J connectivity index is 0.000000704. The molecule has 1 heterocycles. The molecule has 0 bridgehead atoms. The number of anilines is 1. The fourth-order valence-electron chi connectivity index (χ4n) is 2.96. The third-order valence-corrected chi connectivity index (χ3v) is 4.19. The van der Waals surface area contributed by atoms with Crippen molar-refractivity contribution in [1.29, 1.82) is 0 Å². The topological polar surface area (TPSA) is 35.5 Å². The number of nitrogens with one attached hydrogen (secondary N) is 1. The van der Waals surface area contributed by atoms with Crippen LogP contribution in [0.4, 0.5) is 5.69 Å². The summed E-state index contributed by atoms with van der Waals surface area (Å²) in [7, 11) is 1.00. The lowest BCUT2D eigenvalue weighted by Crippen LogP contribution is -2.43. The molecule has 0 aromatic heterocycles. The maximum atomic E-state index is 7.00. The molecule has 0 amide bonds. The third kappa shape index (κ3) is 3.53. The summed E-state index contributed by atoms with van der Waals surface area (Å²) in [5.41, 5.74) is 4.63. The smallest absolute Gasteiger partial charge is 0.0370 e. The molecular weight excluding hydrogens is 248 g/mol. The number of rotatable bonds is 3. The van der Waals surface area contributed by atoms with Gasteiger partial charge in [0.05, 0.1) is 0 Å². The normalized spacial score (nSPS) is 18.8. The zero-order valence-corrected chi connectivity index (χ0v) is 13.0. The first kappa shape index (κ1) is 15.3. The van der Waals surface area contributed by atoms with E-state index in [1.807, 2.05) is 0 Å². The van der Waals surface area contributed by atoms with Gasteiger partial charge in [0.25, 0.3) is 0 Å². The van der Waals surface area contributed by atoms with Gasteiger partial charge in [-0.1, -0.05) is 19.9 Å². The number of aliphatic hydroxyl groups excluding tert-OH is 1. The monoisotopic (exact) mass is 276 g/mol. The van der Waals surface area contributed by atoms with E-state index >= 15 is 0 Å². The Morgan fingerprint density at radius 1 is 1.15 bits per heavy atom. The average Bonchev–Trinajstić information content (AvgIpc) is 3.34. The molecule has 1 aliphatic heterocycles. The minimum Gasteiger partial charge on any atom is -0.400 e. The molecule has 3 heteroatoms. The zero-order valence-electron chi connectivity index (χ0n) is 13.0. The molecule has 112 valence electrons. The van der Waals surface area contributed by atoms with Crippen molar-refractivity contribution in [2.45, 2.75) is 38.5 Å². The van der Waals surface area contributed by atoms with Crippen molar-refractivity contribution in [3.63, 3.8) is 0 Å². The molecule has 3 rings (SSSR count). The van der Waals surface area contributed by atoms with Crippen molar-refractivity contribution in [2.75, 3.05) is 38.2 Å². The lowest BCUT2D eigenvalue weighted by molar-refractivity contribution is 0.399. The van der Waals surface area contributed by atoms with Crippen LogP contribution in [-0.2, 0) is 0 Å². The van der Waals surface area contributed by atoms with Gasteiger partial charge in [-0.25, -0.2) is 0 Å². The predicted octanol–water partition coefficient (Wildman–Crippen LogP) is 2.71. The largest absolute Gasteiger partial charge is 0.400 e. The van der Waals surface area contributed by atoms with Crippen LogP contribution in [0, 0.1) is 0 Å². The summed E-state index contributed by atoms with van der Waals surface area (Å²) in [6.45, 7) is 9.14. The second-order valence-electron chi connectivity index (χ2n) is 5.98. The van der Waals surface area contributed by atoms with Crippen molar-refractivity contribution in [2.24, 2.45) is 0 Å². The maximum absolute atomic E-state index is 7.00. The molecule has 0 atom stereocenters. The summed E-state index contributed by atoms with van der Waals surface area (Å²) < 4.78 is 0. The van der Waals surface area contributed by atoms with E-state index in [0.29, 0.717) is 5.92 Å². The van der Waals surface area contributed by atoms with Gasteiger partial charge in [-0.3, -0.25) is 0 Å². The van der Waals surface area contributed by atoms with Crippen LogP contribution >= 0.6 is 0 Å². The van der Waals surface area contributed by atoms with E-state index in [9.17, 15) is 0 Å². The number of aliphatic hydroxyl groups is 1. The highest BCUT2D eigenvalue weighted by Gasteiger charge is 2.27. The number of hydrogen-bond acceptors (Lipinski definition) is 3. The highest BCUT2D eigenvalue weighted by Crippen LogP contribution is 2.44. The van der Waals surface area contributed by atoms with E-state index in [1.165, 1.54) is 18.5 Å². The van der Waals surface area contributed by atoms with Gasteiger partial charge in [0.1, 0.15) is 0 Å². The molecule has 0 unspecified atom stereocenters. The molecule has 0 radical (unpaired) electrons. The van der Waals surface area contributed by atoms with Crippen LogP contribution in [0.25, 0.3) is 0 Å². The quantitative estimate of drug-likeness (QED) is 0.891. The van der Waals surface area contributed by atoms with Gasteiger partial charge in [0.15, 0.2) is 0 Å². The van der Waals surface area contributed by atoms with Crippen LogP contribution in [0.2, 0.25) is 0 Å². The molecule has 1 aromatic carbocycles. The van der Waals surface area contributed by atoms with Gasteiger partial charge in [-0.2, -0.15) is 0 Å². The van der Waals surface area contributed by atoms with Crippen LogP contribution in [0.5, 0.6) is 0 Å². The molecule has 1 saturated carbocycles. The van der Waals surface area contributed by atoms with Gasteiger partial charge < -0.3 is 15.3 Å². The van der Waals surface area contributed by atoms with E-state index in [1.54, 1.807) is 11.1 Å². The molecular formula is C17H28N2O. The Bertz CT molecular complexity index is 421. The minimum absolute atomic E-state index is 0.651. The number of hydrogen-bond donors (Lipinski definition) is 2. The summed E-state index contributed by atoms with van der Waals surface area (Å²) in [6.07, 6.45) is 2.79. The van der Waals surface area contributed by atoms with Gasteiger partial charge in [0.2, 0.25) is 0 Å². The molecule has 20 heavy (non-hydrogen) atoms. The van der Waals surface area contributed by atoms with Crippen LogP contribution in [0.1, 0.15) is 49.7 Å². The third-order valence-electron chi connectivity index (χ3n) is 4.19. The summed E-state index contributed by atoms with van der Waals surface area (Å²) in [5.74, 6) is 1.50. The summed E-state index contributed by atoms with van der Waals surface area (Å²) in [6, 6.07) is 7.17. The molecule has 1 aromatic rings. The lowest BCUT2D eigenvalue weighted by atomic mass is 9.93. The molecule has 1 aliphatic carbocycles. The molecule has 2 fully saturated rings. The van der Waals surface area contributed by atoms with Crippen LogP contribution in [0.15, 0.2) is 18.2 Å². The summed E-state index contributed by atoms with van der Waals surface area (Å²) >= 11 is 0. The highest BCUT2D eigenvalue weighted by molar-refractivity contribution is 5.53. The molecule has 3 nitrogen and oxygen atoms in total. The van der Waals surface area contributed by atoms with Gasteiger partial charge >= 0.3 is 0 Å². The van der Waals surface area contributed by atoms with Crippen molar-refractivity contribution in [3.05, 3.63) is 29.3 Å². The van der Waals surface area contributed by atoms with E-state index in [2.05, 4.69) is 42.3 Å². The Morgan fingerprint density at radius 2 is 1.80 bits per heavy atom. The average molecular weight is 276 g/mol. The van der Waals surface area contributed by atoms with Crippen molar-refractivity contribution in [3.8, 4) is 0 Å². The molecule has 2 aliphatic rings. The van der Waals surface area contributed by atoms with Crippen molar-refractivity contribution >= 4 is 5.69 Å². The SMILES string of the molecule is CC(C)c1ccc(N2CCNCC2)cc1C1CC1.CO.